The van der Waals surface area contributed by atoms with Gasteiger partial charge in [-0.25, -0.2) is 13.1 Å². The van der Waals surface area contributed by atoms with Crippen molar-refractivity contribution >= 4 is 10.0 Å². The number of hydrogen-bond acceptors (Lipinski definition) is 4. The highest BCUT2D eigenvalue weighted by atomic mass is 32.2. The summed E-state index contributed by atoms with van der Waals surface area (Å²) in [6.45, 7) is 7.67. The Morgan fingerprint density at radius 3 is 2.50 bits per heavy atom. The van der Waals surface area contributed by atoms with Crippen molar-refractivity contribution in [2.75, 3.05) is 13.7 Å². The first kappa shape index (κ1) is 15.1. The summed E-state index contributed by atoms with van der Waals surface area (Å²) in [4.78, 5) is 0.221. The van der Waals surface area contributed by atoms with Gasteiger partial charge in [0.1, 0.15) is 4.90 Å². The molecule has 104 valence electrons. The molecule has 1 aromatic heterocycles. The highest BCUT2D eigenvalue weighted by Crippen LogP contribution is 2.16. The fraction of sp³-hybridized carbons (Fsp3) is 0.727. The zero-order valence-electron chi connectivity index (χ0n) is 11.5. The molecular weight excluding hydrogens is 254 g/mol. The van der Waals surface area contributed by atoms with Crippen LogP contribution in [-0.4, -0.2) is 38.0 Å². The van der Waals surface area contributed by atoms with Crippen LogP contribution in [0.5, 0.6) is 0 Å². The van der Waals surface area contributed by atoms with Crippen LogP contribution < -0.4 is 4.72 Å². The second kappa shape index (κ2) is 5.81. The molecule has 0 aliphatic carbocycles. The first-order valence-electron chi connectivity index (χ1n) is 5.85. The molecule has 0 radical (unpaired) electrons. The molecule has 1 N–H and O–H groups in total. The molecule has 0 spiro atoms. The van der Waals surface area contributed by atoms with Gasteiger partial charge in [0, 0.05) is 25.4 Å². The smallest absolute Gasteiger partial charge is 0.244 e. The first-order chi connectivity index (χ1) is 8.27. The van der Waals surface area contributed by atoms with Crippen molar-refractivity contribution in [3.8, 4) is 0 Å². The van der Waals surface area contributed by atoms with E-state index in [1.807, 2.05) is 13.8 Å². The molecule has 0 amide bonds. The molecule has 1 heterocycles. The van der Waals surface area contributed by atoms with Crippen molar-refractivity contribution in [2.24, 2.45) is 0 Å². The third kappa shape index (κ3) is 3.54. The van der Waals surface area contributed by atoms with Gasteiger partial charge in [0.05, 0.1) is 12.3 Å². The minimum Gasteiger partial charge on any atom is -0.383 e. The molecule has 0 saturated carbocycles. The summed E-state index contributed by atoms with van der Waals surface area (Å²) in [6.07, 6.45) is 1.56. The van der Waals surface area contributed by atoms with Gasteiger partial charge >= 0.3 is 0 Å². The number of nitrogens with one attached hydrogen (secondary N) is 1. The summed E-state index contributed by atoms with van der Waals surface area (Å²) in [5, 5.41) is 4.20. The van der Waals surface area contributed by atoms with Gasteiger partial charge < -0.3 is 4.74 Å². The average Bonchev–Trinajstić information content (AvgIpc) is 2.60. The molecule has 0 aliphatic rings. The van der Waals surface area contributed by atoms with Gasteiger partial charge in [-0.1, -0.05) is 0 Å². The van der Waals surface area contributed by atoms with Crippen LogP contribution in [-0.2, 0) is 14.8 Å². The number of aryl methyl sites for hydroxylation is 1. The van der Waals surface area contributed by atoms with Crippen molar-refractivity contribution in [3.05, 3.63) is 11.9 Å². The van der Waals surface area contributed by atoms with Crippen LogP contribution in [0, 0.1) is 6.92 Å². The maximum Gasteiger partial charge on any atom is 0.244 e. The Morgan fingerprint density at radius 2 is 2.06 bits per heavy atom. The summed E-state index contributed by atoms with van der Waals surface area (Å²) in [5.41, 5.74) is 0.501. The van der Waals surface area contributed by atoms with Gasteiger partial charge in [-0.15, -0.1) is 0 Å². The summed E-state index contributed by atoms with van der Waals surface area (Å²) in [5.74, 6) is 0. The van der Waals surface area contributed by atoms with Crippen molar-refractivity contribution in [2.45, 2.75) is 44.7 Å². The van der Waals surface area contributed by atoms with Crippen LogP contribution in [0.15, 0.2) is 11.1 Å². The Hall–Kier alpha value is -0.920. The zero-order chi connectivity index (χ0) is 13.9. The molecule has 1 rings (SSSR count). The van der Waals surface area contributed by atoms with Crippen LogP contribution in [0.2, 0.25) is 0 Å². The monoisotopic (exact) mass is 275 g/mol. The zero-order valence-corrected chi connectivity index (χ0v) is 12.3. The van der Waals surface area contributed by atoms with E-state index in [9.17, 15) is 8.42 Å². The van der Waals surface area contributed by atoms with Crippen molar-refractivity contribution in [1.82, 2.24) is 14.5 Å². The molecule has 7 heteroatoms. The van der Waals surface area contributed by atoms with Gasteiger partial charge in [-0.05, 0) is 27.7 Å². The Balaban J connectivity index is 2.98. The fourth-order valence-corrected chi connectivity index (χ4v) is 3.01. The normalized spacial score (nSPS) is 14.1. The lowest BCUT2D eigenvalue weighted by molar-refractivity contribution is 0.180. The predicted molar refractivity (Wildman–Crippen MR) is 69.0 cm³/mol. The molecule has 1 aromatic rings. The molecule has 0 aliphatic heterocycles. The van der Waals surface area contributed by atoms with Gasteiger partial charge in [-0.3, -0.25) is 4.68 Å². The largest absolute Gasteiger partial charge is 0.383 e. The van der Waals surface area contributed by atoms with E-state index in [-0.39, 0.29) is 17.0 Å². The molecule has 6 nitrogen and oxygen atoms in total. The van der Waals surface area contributed by atoms with Crippen LogP contribution >= 0.6 is 0 Å². The van der Waals surface area contributed by atoms with Crippen molar-refractivity contribution < 1.29 is 13.2 Å². The molecule has 0 fully saturated rings. The van der Waals surface area contributed by atoms with Crippen molar-refractivity contribution in [1.29, 1.82) is 0 Å². The van der Waals surface area contributed by atoms with E-state index in [1.165, 1.54) is 7.11 Å². The maximum absolute atomic E-state index is 12.2. The van der Waals surface area contributed by atoms with E-state index in [0.717, 1.165) is 0 Å². The second-order valence-corrected chi connectivity index (χ2v) is 6.31. The highest BCUT2D eigenvalue weighted by Gasteiger charge is 2.22. The van der Waals surface area contributed by atoms with E-state index in [1.54, 1.807) is 24.7 Å². The minimum atomic E-state index is -3.54. The van der Waals surface area contributed by atoms with Crippen LogP contribution in [0.4, 0.5) is 0 Å². The molecule has 1 unspecified atom stereocenters. The summed E-state index contributed by atoms with van der Waals surface area (Å²) in [7, 11) is -2.00. The molecular formula is C11H21N3O3S. The van der Waals surface area contributed by atoms with E-state index in [4.69, 9.17) is 4.74 Å². The minimum absolute atomic E-state index is 0.129. The summed E-state index contributed by atoms with van der Waals surface area (Å²) < 4.78 is 33.4. The van der Waals surface area contributed by atoms with Gasteiger partial charge in [0.25, 0.3) is 0 Å². The second-order valence-electron chi connectivity index (χ2n) is 4.63. The summed E-state index contributed by atoms with van der Waals surface area (Å²) in [6, 6.07) is -0.147. The van der Waals surface area contributed by atoms with Crippen LogP contribution in [0.3, 0.4) is 0 Å². The Bertz CT molecular complexity index is 494. The number of hydrogen-bond donors (Lipinski definition) is 1. The van der Waals surface area contributed by atoms with Gasteiger partial charge in [-0.2, -0.15) is 5.10 Å². The van der Waals surface area contributed by atoms with E-state index >= 15 is 0 Å². The number of aromatic nitrogens is 2. The Kier molecular flexibility index (Phi) is 4.89. The van der Waals surface area contributed by atoms with Crippen LogP contribution in [0.1, 0.15) is 32.5 Å². The molecule has 0 saturated heterocycles. The van der Waals surface area contributed by atoms with E-state index < -0.39 is 10.0 Å². The molecule has 0 aromatic carbocycles. The Labute approximate surface area is 108 Å². The first-order valence-corrected chi connectivity index (χ1v) is 7.33. The SMILES string of the molecule is COCC(C)NS(=O)(=O)c1cn(C(C)C)nc1C. The molecule has 1 atom stereocenters. The van der Waals surface area contributed by atoms with Gasteiger partial charge in [0.15, 0.2) is 0 Å². The molecule has 18 heavy (non-hydrogen) atoms. The van der Waals surface area contributed by atoms with Crippen LogP contribution in [0.25, 0.3) is 0 Å². The molecule has 0 bridgehead atoms. The quantitative estimate of drug-likeness (QED) is 0.843. The number of rotatable bonds is 6. The number of ether oxygens (including phenoxy) is 1. The van der Waals surface area contributed by atoms with Crippen molar-refractivity contribution in [3.63, 3.8) is 0 Å². The lowest BCUT2D eigenvalue weighted by Gasteiger charge is -2.12. The fourth-order valence-electron chi connectivity index (χ4n) is 1.61. The predicted octanol–water partition coefficient (Wildman–Crippen LogP) is 1.09. The van der Waals surface area contributed by atoms with E-state index in [2.05, 4.69) is 9.82 Å². The summed E-state index contributed by atoms with van der Waals surface area (Å²) >= 11 is 0. The maximum atomic E-state index is 12.2. The topological polar surface area (TPSA) is 73.2 Å². The number of sulfonamides is 1. The lowest BCUT2D eigenvalue weighted by atomic mass is 10.4. The third-order valence-electron chi connectivity index (χ3n) is 2.46. The third-order valence-corrected chi connectivity index (χ3v) is 4.16. The average molecular weight is 275 g/mol. The lowest BCUT2D eigenvalue weighted by Crippen LogP contribution is -2.35. The highest BCUT2D eigenvalue weighted by molar-refractivity contribution is 7.89. The number of nitrogens with zero attached hydrogens (tertiary/aromatic N) is 2. The van der Waals surface area contributed by atoms with E-state index in [0.29, 0.717) is 12.3 Å². The standard InChI is InChI=1S/C11H21N3O3S/c1-8(2)14-6-11(10(4)12-14)18(15,16)13-9(3)7-17-5/h6,8-9,13H,7H2,1-5H3. The Morgan fingerprint density at radius 1 is 1.44 bits per heavy atom. The number of methoxy groups -OCH3 is 1. The van der Waals surface area contributed by atoms with Gasteiger partial charge in [0.2, 0.25) is 10.0 Å².